The van der Waals surface area contributed by atoms with E-state index in [1.54, 1.807) is 6.92 Å². The van der Waals surface area contributed by atoms with Gasteiger partial charge in [0, 0.05) is 18.9 Å². The summed E-state index contributed by atoms with van der Waals surface area (Å²) in [5, 5.41) is 1.12. The number of aryl methyl sites for hydroxylation is 1. The zero-order valence-corrected chi connectivity index (χ0v) is 14.0. The minimum atomic E-state index is 0.0954. The van der Waals surface area contributed by atoms with Crippen molar-refractivity contribution in [2.75, 3.05) is 6.54 Å². The summed E-state index contributed by atoms with van der Waals surface area (Å²) in [6.07, 6.45) is 1.94. The molecule has 1 amide bonds. The molecule has 0 atom stereocenters. The van der Waals surface area contributed by atoms with Crippen LogP contribution in [0.1, 0.15) is 24.6 Å². The van der Waals surface area contributed by atoms with Gasteiger partial charge in [-0.05, 0) is 30.5 Å². The highest BCUT2D eigenvalue weighted by atomic mass is 16.2. The molecule has 0 aliphatic carbocycles. The van der Waals surface area contributed by atoms with E-state index in [1.807, 2.05) is 35.2 Å². The summed E-state index contributed by atoms with van der Waals surface area (Å²) in [7, 11) is 0. The number of hydrogen-bond acceptors (Lipinski definition) is 2. The van der Waals surface area contributed by atoms with E-state index in [0.717, 1.165) is 36.0 Å². The minimum absolute atomic E-state index is 0.0954. The molecule has 1 aromatic heterocycles. The normalized spacial score (nSPS) is 10.7. The zero-order valence-electron chi connectivity index (χ0n) is 14.0. The number of nitrogens with zero attached hydrogens (tertiary/aromatic N) is 2. The predicted octanol–water partition coefficient (Wildman–Crippen LogP) is 4.22. The maximum absolute atomic E-state index is 12.0. The van der Waals surface area contributed by atoms with Crippen molar-refractivity contribution < 1.29 is 4.79 Å². The summed E-state index contributed by atoms with van der Waals surface area (Å²) in [6, 6.07) is 22.5. The van der Waals surface area contributed by atoms with Crippen molar-refractivity contribution in [3.05, 3.63) is 78.0 Å². The number of fused-ring (bicyclic) bond motifs is 1. The van der Waals surface area contributed by atoms with Crippen LogP contribution in [0, 0.1) is 0 Å². The second-order valence-corrected chi connectivity index (χ2v) is 6.03. The fourth-order valence-electron chi connectivity index (χ4n) is 2.86. The van der Waals surface area contributed by atoms with Gasteiger partial charge in [-0.25, -0.2) is 0 Å². The van der Waals surface area contributed by atoms with E-state index >= 15 is 0 Å². The fraction of sp³-hybridized carbons (Fsp3) is 0.238. The van der Waals surface area contributed by atoms with Crippen molar-refractivity contribution >= 4 is 16.8 Å². The molecule has 0 unspecified atom stereocenters. The molecular weight excluding hydrogens is 296 g/mol. The van der Waals surface area contributed by atoms with Crippen molar-refractivity contribution in [3.63, 3.8) is 0 Å². The summed E-state index contributed by atoms with van der Waals surface area (Å²) >= 11 is 0. The monoisotopic (exact) mass is 318 g/mol. The Labute approximate surface area is 143 Å². The Morgan fingerprint density at radius 1 is 0.958 bits per heavy atom. The largest absolute Gasteiger partial charge is 0.337 e. The lowest BCUT2D eigenvalue weighted by Gasteiger charge is -2.21. The van der Waals surface area contributed by atoms with Gasteiger partial charge in [-0.3, -0.25) is 9.78 Å². The highest BCUT2D eigenvalue weighted by Gasteiger charge is 2.10. The van der Waals surface area contributed by atoms with Crippen LogP contribution in [-0.2, 0) is 17.8 Å². The van der Waals surface area contributed by atoms with E-state index in [4.69, 9.17) is 0 Å². The second kappa shape index (κ2) is 7.73. The highest BCUT2D eigenvalue weighted by Crippen LogP contribution is 2.13. The van der Waals surface area contributed by atoms with E-state index < -0.39 is 0 Å². The average molecular weight is 318 g/mol. The minimum Gasteiger partial charge on any atom is -0.337 e. The van der Waals surface area contributed by atoms with E-state index in [0.29, 0.717) is 6.54 Å². The Morgan fingerprint density at radius 2 is 1.71 bits per heavy atom. The Kier molecular flexibility index (Phi) is 5.22. The molecule has 0 N–H and O–H groups in total. The lowest BCUT2D eigenvalue weighted by molar-refractivity contribution is -0.129. The van der Waals surface area contributed by atoms with Gasteiger partial charge >= 0.3 is 0 Å². The lowest BCUT2D eigenvalue weighted by atomic mass is 10.1. The van der Waals surface area contributed by atoms with Gasteiger partial charge in [0.15, 0.2) is 0 Å². The summed E-state index contributed by atoms with van der Waals surface area (Å²) < 4.78 is 0. The fourth-order valence-corrected chi connectivity index (χ4v) is 2.86. The molecule has 0 radical (unpaired) electrons. The van der Waals surface area contributed by atoms with Gasteiger partial charge in [0.2, 0.25) is 5.91 Å². The first-order valence-corrected chi connectivity index (χ1v) is 8.36. The summed E-state index contributed by atoms with van der Waals surface area (Å²) in [5.74, 6) is 0.0954. The van der Waals surface area contributed by atoms with Gasteiger partial charge in [-0.1, -0.05) is 54.6 Å². The molecule has 24 heavy (non-hydrogen) atoms. The van der Waals surface area contributed by atoms with Crippen LogP contribution in [0.5, 0.6) is 0 Å². The molecule has 122 valence electrons. The maximum atomic E-state index is 12.0. The molecule has 3 nitrogen and oxygen atoms in total. The smallest absolute Gasteiger partial charge is 0.219 e. The van der Waals surface area contributed by atoms with Crippen LogP contribution < -0.4 is 0 Å². The molecule has 0 saturated carbocycles. The first-order chi connectivity index (χ1) is 11.7. The number of rotatable bonds is 6. The van der Waals surface area contributed by atoms with Gasteiger partial charge in [0.1, 0.15) is 0 Å². The number of aromatic nitrogens is 1. The summed E-state index contributed by atoms with van der Waals surface area (Å²) in [6.45, 7) is 2.94. The number of benzene rings is 2. The molecule has 2 aromatic carbocycles. The maximum Gasteiger partial charge on any atom is 0.219 e. The third-order valence-electron chi connectivity index (χ3n) is 4.19. The highest BCUT2D eigenvalue weighted by molar-refractivity contribution is 5.78. The van der Waals surface area contributed by atoms with Crippen LogP contribution in [0.2, 0.25) is 0 Å². The molecule has 0 aliphatic heterocycles. The Balaban J connectivity index is 1.63. The molecule has 0 bridgehead atoms. The molecule has 0 saturated heterocycles. The standard InChI is InChI=1S/C21H22N2O/c1-17(24)23(15-7-10-18-8-3-2-4-9-18)16-20-14-13-19-11-5-6-12-21(19)22-20/h2-6,8-9,11-14H,7,10,15-16H2,1H3. The van der Waals surface area contributed by atoms with Gasteiger partial charge in [0.25, 0.3) is 0 Å². The molecule has 0 aliphatic rings. The van der Waals surface area contributed by atoms with Crippen LogP contribution in [0.25, 0.3) is 10.9 Å². The molecule has 1 heterocycles. The Bertz CT molecular complexity index is 814. The molecule has 3 rings (SSSR count). The van der Waals surface area contributed by atoms with Gasteiger partial charge < -0.3 is 4.90 Å². The number of carbonyl (C=O) groups is 1. The lowest BCUT2D eigenvalue weighted by Crippen LogP contribution is -2.29. The summed E-state index contributed by atoms with van der Waals surface area (Å²) in [5.41, 5.74) is 3.22. The predicted molar refractivity (Wildman–Crippen MR) is 97.6 cm³/mol. The first-order valence-electron chi connectivity index (χ1n) is 8.36. The first kappa shape index (κ1) is 16.2. The SMILES string of the molecule is CC(=O)N(CCCc1ccccc1)Cc1ccc2ccccc2n1. The van der Waals surface area contributed by atoms with Crippen molar-refractivity contribution in [3.8, 4) is 0 Å². The van der Waals surface area contributed by atoms with E-state index in [2.05, 4.69) is 41.4 Å². The van der Waals surface area contributed by atoms with Crippen LogP contribution >= 0.6 is 0 Å². The van der Waals surface area contributed by atoms with Crippen LogP contribution in [-0.4, -0.2) is 22.3 Å². The number of pyridine rings is 1. The van der Waals surface area contributed by atoms with E-state index in [9.17, 15) is 4.79 Å². The van der Waals surface area contributed by atoms with Gasteiger partial charge in [-0.15, -0.1) is 0 Å². The van der Waals surface area contributed by atoms with Gasteiger partial charge in [0.05, 0.1) is 17.8 Å². The molecular formula is C21H22N2O. The van der Waals surface area contributed by atoms with Crippen LogP contribution in [0.3, 0.4) is 0 Å². The average Bonchev–Trinajstić information content (AvgIpc) is 2.61. The van der Waals surface area contributed by atoms with E-state index in [1.165, 1.54) is 5.56 Å². The molecule has 3 heteroatoms. The molecule has 0 fully saturated rings. The number of amides is 1. The van der Waals surface area contributed by atoms with Crippen molar-refractivity contribution in [2.24, 2.45) is 0 Å². The van der Waals surface area contributed by atoms with Gasteiger partial charge in [-0.2, -0.15) is 0 Å². The summed E-state index contributed by atoms with van der Waals surface area (Å²) in [4.78, 5) is 18.5. The third kappa shape index (κ3) is 4.19. The second-order valence-electron chi connectivity index (χ2n) is 6.03. The number of carbonyl (C=O) groups excluding carboxylic acids is 1. The molecule has 0 spiro atoms. The van der Waals surface area contributed by atoms with E-state index in [-0.39, 0.29) is 5.91 Å². The molecule has 3 aromatic rings. The zero-order chi connectivity index (χ0) is 16.8. The quantitative estimate of drug-likeness (QED) is 0.682. The van der Waals surface area contributed by atoms with Crippen LogP contribution in [0.15, 0.2) is 66.7 Å². The van der Waals surface area contributed by atoms with Crippen LogP contribution in [0.4, 0.5) is 0 Å². The third-order valence-corrected chi connectivity index (χ3v) is 4.19. The number of hydrogen-bond donors (Lipinski definition) is 0. The van der Waals surface area contributed by atoms with Crippen molar-refractivity contribution in [2.45, 2.75) is 26.3 Å². The van der Waals surface area contributed by atoms with Crippen molar-refractivity contribution in [1.29, 1.82) is 0 Å². The van der Waals surface area contributed by atoms with Crippen molar-refractivity contribution in [1.82, 2.24) is 9.88 Å². The topological polar surface area (TPSA) is 33.2 Å². The number of para-hydroxylation sites is 1. The Morgan fingerprint density at radius 3 is 2.50 bits per heavy atom. The Hall–Kier alpha value is -2.68.